The topological polar surface area (TPSA) is 12.9 Å². The molecule has 0 radical (unpaired) electrons. The minimum absolute atomic E-state index is 0.329. The van der Waals surface area contributed by atoms with E-state index in [0.29, 0.717) is 11.0 Å². The third kappa shape index (κ3) is 2.80. The molecular formula is C7H4BrF3IN. The Kier molecular flexibility index (Phi) is 3.56. The molecule has 0 fully saturated rings. The van der Waals surface area contributed by atoms with Crippen molar-refractivity contribution in [3.63, 3.8) is 0 Å². The van der Waals surface area contributed by atoms with E-state index in [4.69, 9.17) is 0 Å². The number of rotatable bonds is 1. The van der Waals surface area contributed by atoms with E-state index in [-0.39, 0.29) is 0 Å². The zero-order chi connectivity index (χ0) is 10.1. The maximum absolute atomic E-state index is 12.2. The summed E-state index contributed by atoms with van der Waals surface area (Å²) in [6.45, 7) is 0. The fraction of sp³-hybridized carbons (Fsp3) is 0.286. The second kappa shape index (κ2) is 4.12. The van der Waals surface area contributed by atoms with Gasteiger partial charge in [0.2, 0.25) is 0 Å². The highest BCUT2D eigenvalue weighted by Crippen LogP contribution is 2.28. The molecule has 1 rings (SSSR count). The first-order valence-corrected chi connectivity index (χ1v) is 5.43. The minimum Gasteiger partial charge on any atom is -0.246 e. The SMILES string of the molecule is FC(F)(F)c1ccc(I)c(CBr)n1. The Morgan fingerprint density at radius 2 is 2.00 bits per heavy atom. The number of nitrogens with zero attached hydrogens (tertiary/aromatic N) is 1. The Labute approximate surface area is 95.0 Å². The summed E-state index contributed by atoms with van der Waals surface area (Å²) in [6, 6.07) is 2.39. The van der Waals surface area contributed by atoms with Gasteiger partial charge in [-0.1, -0.05) is 15.9 Å². The molecule has 13 heavy (non-hydrogen) atoms. The van der Waals surface area contributed by atoms with Gasteiger partial charge in [0.25, 0.3) is 0 Å². The van der Waals surface area contributed by atoms with Crippen LogP contribution in [0, 0.1) is 3.57 Å². The van der Waals surface area contributed by atoms with Crippen molar-refractivity contribution in [2.24, 2.45) is 0 Å². The highest BCUT2D eigenvalue weighted by atomic mass is 127. The van der Waals surface area contributed by atoms with E-state index in [2.05, 4.69) is 20.9 Å². The monoisotopic (exact) mass is 365 g/mol. The average Bonchev–Trinajstić information content (AvgIpc) is 2.03. The summed E-state index contributed by atoms with van der Waals surface area (Å²) in [4.78, 5) is 3.48. The Balaban J connectivity index is 3.14. The lowest BCUT2D eigenvalue weighted by molar-refractivity contribution is -0.141. The molecule has 1 aromatic heterocycles. The van der Waals surface area contributed by atoms with Crippen LogP contribution in [0.3, 0.4) is 0 Å². The van der Waals surface area contributed by atoms with E-state index in [9.17, 15) is 13.2 Å². The minimum atomic E-state index is -4.36. The number of aromatic nitrogens is 1. The van der Waals surface area contributed by atoms with Crippen molar-refractivity contribution < 1.29 is 13.2 Å². The summed E-state index contributed by atoms with van der Waals surface area (Å²) >= 11 is 5.02. The van der Waals surface area contributed by atoms with Gasteiger partial charge in [-0.05, 0) is 34.7 Å². The van der Waals surface area contributed by atoms with Gasteiger partial charge in [-0.15, -0.1) is 0 Å². The van der Waals surface area contributed by atoms with Crippen molar-refractivity contribution in [3.8, 4) is 0 Å². The van der Waals surface area contributed by atoms with Crippen molar-refractivity contribution in [1.82, 2.24) is 4.98 Å². The molecule has 0 bridgehead atoms. The first-order valence-electron chi connectivity index (χ1n) is 3.23. The predicted octanol–water partition coefficient (Wildman–Crippen LogP) is 3.60. The molecule has 0 spiro atoms. The van der Waals surface area contributed by atoms with Crippen molar-refractivity contribution in [2.75, 3.05) is 0 Å². The third-order valence-corrected chi connectivity index (χ3v) is 2.85. The van der Waals surface area contributed by atoms with Gasteiger partial charge in [0.05, 0.1) is 5.69 Å². The van der Waals surface area contributed by atoms with Crippen LogP contribution in [0.2, 0.25) is 0 Å². The van der Waals surface area contributed by atoms with Crippen molar-refractivity contribution in [1.29, 1.82) is 0 Å². The van der Waals surface area contributed by atoms with Crippen LogP contribution in [-0.2, 0) is 11.5 Å². The van der Waals surface area contributed by atoms with Crippen molar-refractivity contribution >= 4 is 38.5 Å². The molecule has 0 saturated carbocycles. The van der Waals surface area contributed by atoms with Crippen LogP contribution in [-0.4, -0.2) is 4.98 Å². The average molecular weight is 366 g/mol. The van der Waals surface area contributed by atoms with E-state index in [1.807, 2.05) is 22.6 Å². The number of hydrogen-bond acceptors (Lipinski definition) is 1. The molecule has 1 aromatic rings. The molecular weight excluding hydrogens is 362 g/mol. The van der Waals surface area contributed by atoms with Gasteiger partial charge in [-0.2, -0.15) is 13.2 Å². The molecule has 72 valence electrons. The molecule has 0 aliphatic carbocycles. The highest BCUT2D eigenvalue weighted by Gasteiger charge is 2.32. The summed E-state index contributed by atoms with van der Waals surface area (Å²) in [7, 11) is 0. The second-order valence-corrected chi connectivity index (χ2v) is 3.98. The molecule has 1 nitrogen and oxygen atoms in total. The molecule has 0 atom stereocenters. The van der Waals surface area contributed by atoms with E-state index >= 15 is 0 Å². The summed E-state index contributed by atoms with van der Waals surface area (Å²) < 4.78 is 37.2. The lowest BCUT2D eigenvalue weighted by atomic mass is 10.3. The largest absolute Gasteiger partial charge is 0.433 e. The Morgan fingerprint density at radius 3 is 2.46 bits per heavy atom. The molecule has 0 saturated heterocycles. The molecule has 0 amide bonds. The Hall–Kier alpha value is 0.150. The van der Waals surface area contributed by atoms with E-state index in [1.54, 1.807) is 0 Å². The van der Waals surface area contributed by atoms with Crippen LogP contribution in [0.25, 0.3) is 0 Å². The first kappa shape index (κ1) is 11.2. The maximum atomic E-state index is 12.2. The summed E-state index contributed by atoms with van der Waals surface area (Å²) in [5.74, 6) is 0. The van der Waals surface area contributed by atoms with Gasteiger partial charge < -0.3 is 0 Å². The Morgan fingerprint density at radius 1 is 1.38 bits per heavy atom. The summed E-state index contributed by atoms with van der Waals surface area (Å²) in [6.07, 6.45) is -4.36. The fourth-order valence-electron chi connectivity index (χ4n) is 0.736. The van der Waals surface area contributed by atoms with Gasteiger partial charge in [0.1, 0.15) is 5.69 Å². The summed E-state index contributed by atoms with van der Waals surface area (Å²) in [5, 5.41) is 0.329. The van der Waals surface area contributed by atoms with Crippen LogP contribution >= 0.6 is 38.5 Å². The number of alkyl halides is 4. The first-order chi connectivity index (χ1) is 5.95. The van der Waals surface area contributed by atoms with Gasteiger partial charge in [0, 0.05) is 8.90 Å². The van der Waals surface area contributed by atoms with Gasteiger partial charge in [-0.3, -0.25) is 0 Å². The maximum Gasteiger partial charge on any atom is 0.433 e. The van der Waals surface area contributed by atoms with E-state index in [0.717, 1.165) is 9.64 Å². The highest BCUT2D eigenvalue weighted by molar-refractivity contribution is 14.1. The number of halogens is 5. The molecule has 6 heteroatoms. The number of hydrogen-bond donors (Lipinski definition) is 0. The van der Waals surface area contributed by atoms with Crippen LogP contribution in [0.1, 0.15) is 11.4 Å². The third-order valence-electron chi connectivity index (χ3n) is 1.34. The van der Waals surface area contributed by atoms with Gasteiger partial charge >= 0.3 is 6.18 Å². The normalized spacial score (nSPS) is 11.8. The molecule has 0 aromatic carbocycles. The quantitative estimate of drug-likeness (QED) is 0.547. The van der Waals surface area contributed by atoms with Crippen LogP contribution < -0.4 is 0 Å². The zero-order valence-electron chi connectivity index (χ0n) is 6.20. The molecule has 0 aliphatic rings. The molecule has 0 N–H and O–H groups in total. The van der Waals surface area contributed by atoms with Crippen LogP contribution in [0.5, 0.6) is 0 Å². The lowest BCUT2D eigenvalue weighted by Crippen LogP contribution is -2.09. The van der Waals surface area contributed by atoms with E-state index < -0.39 is 11.9 Å². The summed E-state index contributed by atoms with van der Waals surface area (Å²) in [5.41, 5.74) is -0.433. The smallest absolute Gasteiger partial charge is 0.246 e. The zero-order valence-corrected chi connectivity index (χ0v) is 9.94. The van der Waals surface area contributed by atoms with E-state index in [1.165, 1.54) is 6.07 Å². The van der Waals surface area contributed by atoms with Crippen LogP contribution in [0.15, 0.2) is 12.1 Å². The predicted molar refractivity (Wildman–Crippen MR) is 54.6 cm³/mol. The van der Waals surface area contributed by atoms with Crippen LogP contribution in [0.4, 0.5) is 13.2 Å². The van der Waals surface area contributed by atoms with Gasteiger partial charge in [-0.25, -0.2) is 4.98 Å². The van der Waals surface area contributed by atoms with Gasteiger partial charge in [0.15, 0.2) is 0 Å². The standard InChI is InChI=1S/C7H4BrF3IN/c8-3-5-4(12)1-2-6(13-5)7(9,10)11/h1-2H,3H2. The van der Waals surface area contributed by atoms with Crippen molar-refractivity contribution in [3.05, 3.63) is 27.1 Å². The Bertz CT molecular complexity index is 313. The molecule has 0 aliphatic heterocycles. The lowest BCUT2D eigenvalue weighted by Gasteiger charge is -2.07. The fourth-order valence-corrected chi connectivity index (χ4v) is 2.18. The molecule has 1 heterocycles. The number of pyridine rings is 1. The molecule has 0 unspecified atom stereocenters. The van der Waals surface area contributed by atoms with Crippen molar-refractivity contribution in [2.45, 2.75) is 11.5 Å². The second-order valence-electron chi connectivity index (χ2n) is 2.26.